The first-order valence-corrected chi connectivity index (χ1v) is 6.30. The van der Waals surface area contributed by atoms with Gasteiger partial charge in [-0.05, 0) is 36.1 Å². The van der Waals surface area contributed by atoms with Crippen LogP contribution >= 0.6 is 23.5 Å². The van der Waals surface area contributed by atoms with Crippen LogP contribution in [0.5, 0.6) is 0 Å². The van der Waals surface area contributed by atoms with E-state index in [0.29, 0.717) is 0 Å². The quantitative estimate of drug-likeness (QED) is 0.704. The maximum Gasteiger partial charge on any atom is 0.0646 e. The highest BCUT2D eigenvalue weighted by Gasteiger charge is 2.05. The van der Waals surface area contributed by atoms with E-state index in [-0.39, 0.29) is 0 Å². The molecule has 1 aliphatic heterocycles. The van der Waals surface area contributed by atoms with E-state index >= 15 is 0 Å². The maximum atomic E-state index is 4.27. The Hall–Kier alpha value is -0.410. The van der Waals surface area contributed by atoms with Crippen molar-refractivity contribution in [1.82, 2.24) is 4.98 Å². The van der Waals surface area contributed by atoms with Crippen LogP contribution in [0.1, 0.15) is 12.1 Å². The summed E-state index contributed by atoms with van der Waals surface area (Å²) in [5, 5.41) is 0. The van der Waals surface area contributed by atoms with Gasteiger partial charge in [0.05, 0.1) is 5.69 Å². The summed E-state index contributed by atoms with van der Waals surface area (Å²) in [4.78, 5) is 4.27. The first-order chi connectivity index (χ1) is 6.45. The Labute approximate surface area is 87.0 Å². The molecule has 0 spiro atoms. The molecule has 1 fully saturated rings. The SMILES string of the molecule is C(=C1SCCCS1)c1ccccn1. The van der Waals surface area contributed by atoms with Gasteiger partial charge < -0.3 is 0 Å². The van der Waals surface area contributed by atoms with Crippen LogP contribution in [0.4, 0.5) is 0 Å². The van der Waals surface area contributed by atoms with E-state index in [1.807, 2.05) is 47.9 Å². The van der Waals surface area contributed by atoms with Gasteiger partial charge in [0.15, 0.2) is 0 Å². The fraction of sp³-hybridized carbons (Fsp3) is 0.300. The first kappa shape index (κ1) is 9.16. The summed E-state index contributed by atoms with van der Waals surface area (Å²) in [5.41, 5.74) is 1.07. The summed E-state index contributed by atoms with van der Waals surface area (Å²) in [6, 6.07) is 6.02. The van der Waals surface area contributed by atoms with Crippen LogP contribution in [-0.2, 0) is 0 Å². The van der Waals surface area contributed by atoms with E-state index in [1.165, 1.54) is 22.2 Å². The molecule has 0 unspecified atom stereocenters. The Kier molecular flexibility index (Phi) is 3.33. The minimum Gasteiger partial charge on any atom is -0.257 e. The summed E-state index contributed by atoms with van der Waals surface area (Å²) in [6.07, 6.45) is 5.34. The Morgan fingerprint density at radius 3 is 2.77 bits per heavy atom. The fourth-order valence-electron chi connectivity index (χ4n) is 1.11. The molecule has 1 aromatic rings. The molecule has 0 saturated carbocycles. The van der Waals surface area contributed by atoms with E-state index < -0.39 is 0 Å². The van der Waals surface area contributed by atoms with Crippen LogP contribution in [0.3, 0.4) is 0 Å². The van der Waals surface area contributed by atoms with Gasteiger partial charge in [-0.25, -0.2) is 0 Å². The molecule has 68 valence electrons. The number of nitrogens with zero attached hydrogens (tertiary/aromatic N) is 1. The van der Waals surface area contributed by atoms with Crippen LogP contribution < -0.4 is 0 Å². The number of pyridine rings is 1. The molecule has 1 aromatic heterocycles. The highest BCUT2D eigenvalue weighted by atomic mass is 32.2. The van der Waals surface area contributed by atoms with Crippen molar-refractivity contribution in [1.29, 1.82) is 0 Å². The van der Waals surface area contributed by atoms with Crippen LogP contribution in [0, 0.1) is 0 Å². The molecule has 0 atom stereocenters. The lowest BCUT2D eigenvalue weighted by molar-refractivity contribution is 1.12. The third-order valence-corrected chi connectivity index (χ3v) is 4.23. The molecule has 1 nitrogen and oxygen atoms in total. The van der Waals surface area contributed by atoms with Gasteiger partial charge in [-0.2, -0.15) is 0 Å². The second-order valence-corrected chi connectivity index (χ2v) is 5.30. The minimum atomic E-state index is 1.07. The molecule has 3 heteroatoms. The summed E-state index contributed by atoms with van der Waals surface area (Å²) >= 11 is 3.88. The molecule has 0 aromatic carbocycles. The molecule has 2 heterocycles. The summed E-state index contributed by atoms with van der Waals surface area (Å²) in [7, 11) is 0. The Bertz CT molecular complexity index is 287. The van der Waals surface area contributed by atoms with Crippen molar-refractivity contribution in [3.63, 3.8) is 0 Å². The fourth-order valence-corrected chi connectivity index (χ4v) is 3.52. The maximum absolute atomic E-state index is 4.27. The van der Waals surface area contributed by atoms with Crippen LogP contribution in [0.2, 0.25) is 0 Å². The zero-order valence-corrected chi connectivity index (χ0v) is 8.90. The Morgan fingerprint density at radius 2 is 2.08 bits per heavy atom. The van der Waals surface area contributed by atoms with E-state index in [9.17, 15) is 0 Å². The number of aromatic nitrogens is 1. The molecular weight excluding hydrogens is 198 g/mol. The molecule has 1 aliphatic rings. The van der Waals surface area contributed by atoms with Crippen molar-refractivity contribution in [3.8, 4) is 0 Å². The van der Waals surface area contributed by atoms with Gasteiger partial charge in [0.2, 0.25) is 0 Å². The second-order valence-electron chi connectivity index (χ2n) is 2.77. The zero-order chi connectivity index (χ0) is 8.93. The molecule has 13 heavy (non-hydrogen) atoms. The van der Waals surface area contributed by atoms with E-state index in [2.05, 4.69) is 11.1 Å². The summed E-state index contributed by atoms with van der Waals surface area (Å²) in [5.74, 6) is 2.51. The topological polar surface area (TPSA) is 12.9 Å². The summed E-state index contributed by atoms with van der Waals surface area (Å²) < 4.78 is 1.41. The molecule has 0 radical (unpaired) electrons. The number of hydrogen-bond donors (Lipinski definition) is 0. The van der Waals surface area contributed by atoms with Crippen LogP contribution in [0.15, 0.2) is 28.6 Å². The molecule has 0 bridgehead atoms. The van der Waals surface area contributed by atoms with Gasteiger partial charge in [-0.3, -0.25) is 4.98 Å². The molecule has 1 saturated heterocycles. The third-order valence-electron chi connectivity index (χ3n) is 1.73. The monoisotopic (exact) mass is 209 g/mol. The van der Waals surface area contributed by atoms with Gasteiger partial charge in [-0.1, -0.05) is 6.07 Å². The van der Waals surface area contributed by atoms with Crippen LogP contribution in [-0.4, -0.2) is 16.5 Å². The molecular formula is C10H11NS2. The van der Waals surface area contributed by atoms with Gasteiger partial charge in [-0.15, -0.1) is 23.5 Å². The number of rotatable bonds is 1. The highest BCUT2D eigenvalue weighted by molar-refractivity contribution is 8.23. The minimum absolute atomic E-state index is 1.07. The standard InChI is InChI=1S/C10H11NS2/c1-2-5-11-9(4-1)8-10-12-6-3-7-13-10/h1-2,4-5,8H,3,6-7H2. The Balaban J connectivity index is 2.10. The van der Waals surface area contributed by atoms with Crippen LogP contribution in [0.25, 0.3) is 6.08 Å². The highest BCUT2D eigenvalue weighted by Crippen LogP contribution is 2.35. The van der Waals surface area contributed by atoms with Crippen molar-refractivity contribution in [2.45, 2.75) is 6.42 Å². The molecule has 0 N–H and O–H groups in total. The van der Waals surface area contributed by atoms with Gasteiger partial charge in [0.1, 0.15) is 0 Å². The largest absolute Gasteiger partial charge is 0.257 e. The number of hydrogen-bond acceptors (Lipinski definition) is 3. The average Bonchev–Trinajstić information content (AvgIpc) is 2.21. The lowest BCUT2D eigenvalue weighted by atomic mass is 10.3. The van der Waals surface area contributed by atoms with Crippen molar-refractivity contribution in [3.05, 3.63) is 34.3 Å². The normalized spacial score (nSPS) is 17.1. The lowest BCUT2D eigenvalue weighted by Gasteiger charge is -2.11. The van der Waals surface area contributed by atoms with Crippen molar-refractivity contribution in [2.24, 2.45) is 0 Å². The predicted molar refractivity (Wildman–Crippen MR) is 61.7 cm³/mol. The lowest BCUT2D eigenvalue weighted by Crippen LogP contribution is -1.91. The first-order valence-electron chi connectivity index (χ1n) is 4.33. The summed E-state index contributed by atoms with van der Waals surface area (Å²) in [6.45, 7) is 0. The van der Waals surface area contributed by atoms with E-state index in [4.69, 9.17) is 0 Å². The van der Waals surface area contributed by atoms with E-state index in [1.54, 1.807) is 0 Å². The van der Waals surface area contributed by atoms with Gasteiger partial charge in [0, 0.05) is 10.4 Å². The zero-order valence-electron chi connectivity index (χ0n) is 7.27. The van der Waals surface area contributed by atoms with E-state index in [0.717, 1.165) is 5.69 Å². The molecule has 2 rings (SSSR count). The smallest absolute Gasteiger partial charge is 0.0646 e. The predicted octanol–water partition coefficient (Wildman–Crippen LogP) is 3.25. The third kappa shape index (κ3) is 2.78. The Morgan fingerprint density at radius 1 is 1.23 bits per heavy atom. The number of thioether (sulfide) groups is 2. The molecule has 0 amide bonds. The van der Waals surface area contributed by atoms with Crippen molar-refractivity contribution in [2.75, 3.05) is 11.5 Å². The van der Waals surface area contributed by atoms with Crippen molar-refractivity contribution >= 4 is 29.6 Å². The molecule has 0 aliphatic carbocycles. The van der Waals surface area contributed by atoms with Crippen molar-refractivity contribution < 1.29 is 0 Å². The van der Waals surface area contributed by atoms with Gasteiger partial charge >= 0.3 is 0 Å². The average molecular weight is 209 g/mol. The second kappa shape index (κ2) is 4.72. The van der Waals surface area contributed by atoms with Gasteiger partial charge in [0.25, 0.3) is 0 Å².